The van der Waals surface area contributed by atoms with E-state index in [0.29, 0.717) is 10.0 Å². The van der Waals surface area contributed by atoms with E-state index in [4.69, 9.17) is 23.2 Å². The number of likely N-dealkylation sites (tertiary alicyclic amines) is 1. The van der Waals surface area contributed by atoms with Crippen LogP contribution in [0.25, 0.3) is 0 Å². The van der Waals surface area contributed by atoms with Crippen LogP contribution in [0, 0.1) is 5.92 Å². The summed E-state index contributed by atoms with van der Waals surface area (Å²) in [4.78, 5) is 19.7. The number of rotatable bonds is 7. The van der Waals surface area contributed by atoms with E-state index in [1.54, 1.807) is 0 Å². The molecule has 2 aliphatic rings. The second kappa shape index (κ2) is 10.8. The minimum atomic E-state index is 0.134. The third-order valence-electron chi connectivity index (χ3n) is 5.93. The summed E-state index contributed by atoms with van der Waals surface area (Å²) in [7, 11) is 2.17. The average Bonchev–Trinajstić information content (AvgIpc) is 2.70. The highest BCUT2D eigenvalue weighted by Gasteiger charge is 2.25. The normalized spacial score (nSPS) is 20.4. The zero-order valence-corrected chi connectivity index (χ0v) is 18.3. The Morgan fingerprint density at radius 1 is 1.07 bits per heavy atom. The Kier molecular flexibility index (Phi) is 8.42. The van der Waals surface area contributed by atoms with Crippen molar-refractivity contribution in [2.75, 3.05) is 59.4 Å². The molecule has 0 aromatic heterocycles. The van der Waals surface area contributed by atoms with Crippen LogP contribution in [0.1, 0.15) is 24.8 Å². The summed E-state index contributed by atoms with van der Waals surface area (Å²) in [5.41, 5.74) is 1.06. The van der Waals surface area contributed by atoms with Crippen molar-refractivity contribution in [3.63, 3.8) is 0 Å². The van der Waals surface area contributed by atoms with Crippen molar-refractivity contribution in [3.8, 4) is 0 Å². The molecule has 28 heavy (non-hydrogen) atoms. The molecule has 2 heterocycles. The standard InChI is InChI=1S/C21H32Cl2N4O/c1-25-12-14-26(15-13-25)9-3-8-24-21(28)17-6-10-27(11-7-17)16-18-4-2-5-19(22)20(18)23/h2,4-5,17H,3,6-16H2,1H3,(H,24,28). The van der Waals surface area contributed by atoms with Crippen LogP contribution < -0.4 is 5.32 Å². The molecule has 0 radical (unpaired) electrons. The summed E-state index contributed by atoms with van der Waals surface area (Å²) >= 11 is 12.4. The second-order valence-corrected chi connectivity index (χ2v) is 8.84. The fraction of sp³-hybridized carbons (Fsp3) is 0.667. The van der Waals surface area contributed by atoms with Gasteiger partial charge in [-0.3, -0.25) is 9.69 Å². The molecule has 7 heteroatoms. The summed E-state index contributed by atoms with van der Waals surface area (Å²) in [5, 5.41) is 4.39. The first-order valence-corrected chi connectivity index (χ1v) is 11.1. The molecule has 156 valence electrons. The van der Waals surface area contributed by atoms with Gasteiger partial charge < -0.3 is 15.1 Å². The van der Waals surface area contributed by atoms with E-state index < -0.39 is 0 Å². The maximum Gasteiger partial charge on any atom is 0.223 e. The molecule has 0 saturated carbocycles. The monoisotopic (exact) mass is 426 g/mol. The molecule has 3 rings (SSSR count). The van der Waals surface area contributed by atoms with E-state index in [9.17, 15) is 4.79 Å². The molecule has 5 nitrogen and oxygen atoms in total. The summed E-state index contributed by atoms with van der Waals surface area (Å²) in [5.74, 6) is 0.355. The number of carbonyl (C=O) groups is 1. The Morgan fingerprint density at radius 3 is 2.50 bits per heavy atom. The van der Waals surface area contributed by atoms with E-state index in [-0.39, 0.29) is 11.8 Å². The lowest BCUT2D eigenvalue weighted by molar-refractivity contribution is -0.126. The van der Waals surface area contributed by atoms with Crippen molar-refractivity contribution >= 4 is 29.1 Å². The minimum Gasteiger partial charge on any atom is -0.356 e. The number of hydrogen-bond acceptors (Lipinski definition) is 4. The van der Waals surface area contributed by atoms with Gasteiger partial charge in [-0.25, -0.2) is 0 Å². The maximum absolute atomic E-state index is 12.5. The number of halogens is 2. The quantitative estimate of drug-likeness (QED) is 0.680. The fourth-order valence-electron chi connectivity index (χ4n) is 3.99. The summed E-state index contributed by atoms with van der Waals surface area (Å²) < 4.78 is 0. The van der Waals surface area contributed by atoms with Crippen LogP contribution >= 0.6 is 23.2 Å². The third kappa shape index (κ3) is 6.33. The number of piperazine rings is 1. The zero-order valence-electron chi connectivity index (χ0n) is 16.8. The van der Waals surface area contributed by atoms with Gasteiger partial charge in [0.15, 0.2) is 0 Å². The SMILES string of the molecule is CN1CCN(CCCNC(=O)C2CCN(Cc3cccc(Cl)c3Cl)CC2)CC1. The van der Waals surface area contributed by atoms with Crippen molar-refractivity contribution in [2.45, 2.75) is 25.8 Å². The Hall–Kier alpha value is -0.850. The molecule has 1 N–H and O–H groups in total. The Morgan fingerprint density at radius 2 is 1.79 bits per heavy atom. The van der Waals surface area contributed by atoms with Crippen molar-refractivity contribution in [1.29, 1.82) is 0 Å². The number of amides is 1. The van der Waals surface area contributed by atoms with Gasteiger partial charge in [-0.05, 0) is 57.6 Å². The number of carbonyl (C=O) groups excluding carboxylic acids is 1. The predicted octanol–water partition coefficient (Wildman–Crippen LogP) is 2.96. The maximum atomic E-state index is 12.5. The zero-order chi connectivity index (χ0) is 19.9. The molecule has 0 spiro atoms. The predicted molar refractivity (Wildman–Crippen MR) is 116 cm³/mol. The molecule has 1 aromatic carbocycles. The van der Waals surface area contributed by atoms with Crippen LogP contribution in [0.2, 0.25) is 10.0 Å². The van der Waals surface area contributed by atoms with Crippen molar-refractivity contribution in [1.82, 2.24) is 20.0 Å². The van der Waals surface area contributed by atoms with Crippen LogP contribution in [0.4, 0.5) is 0 Å². The van der Waals surface area contributed by atoms with Crippen LogP contribution in [0.5, 0.6) is 0 Å². The van der Waals surface area contributed by atoms with Crippen LogP contribution in [0.3, 0.4) is 0 Å². The number of nitrogens with one attached hydrogen (secondary N) is 1. The third-order valence-corrected chi connectivity index (χ3v) is 6.79. The lowest BCUT2D eigenvalue weighted by Crippen LogP contribution is -2.45. The molecule has 1 amide bonds. The second-order valence-electron chi connectivity index (χ2n) is 8.05. The van der Waals surface area contributed by atoms with Crippen molar-refractivity contribution in [3.05, 3.63) is 33.8 Å². The van der Waals surface area contributed by atoms with Gasteiger partial charge in [0.25, 0.3) is 0 Å². The molecular weight excluding hydrogens is 395 g/mol. The molecule has 0 aliphatic carbocycles. The number of nitrogens with zero attached hydrogens (tertiary/aromatic N) is 3. The van der Waals surface area contributed by atoms with Gasteiger partial charge in [0.05, 0.1) is 10.0 Å². The van der Waals surface area contributed by atoms with Crippen molar-refractivity contribution < 1.29 is 4.79 Å². The van der Waals surface area contributed by atoms with Crippen molar-refractivity contribution in [2.24, 2.45) is 5.92 Å². The lowest BCUT2D eigenvalue weighted by Gasteiger charge is -2.32. The van der Waals surface area contributed by atoms with Gasteiger partial charge in [-0.2, -0.15) is 0 Å². The summed E-state index contributed by atoms with van der Waals surface area (Å²) in [6.07, 6.45) is 2.84. The van der Waals surface area contributed by atoms with Crippen LogP contribution in [-0.4, -0.2) is 80.0 Å². The highest BCUT2D eigenvalue weighted by Crippen LogP contribution is 2.28. The molecule has 2 fully saturated rings. The number of hydrogen-bond donors (Lipinski definition) is 1. The molecule has 2 saturated heterocycles. The van der Waals surface area contributed by atoms with E-state index in [0.717, 1.165) is 83.7 Å². The molecule has 0 unspecified atom stereocenters. The van der Waals surface area contributed by atoms with Gasteiger partial charge >= 0.3 is 0 Å². The highest BCUT2D eigenvalue weighted by atomic mass is 35.5. The van der Waals surface area contributed by atoms with Gasteiger partial charge in [0.1, 0.15) is 0 Å². The Balaban J connectivity index is 1.32. The number of piperidine rings is 1. The molecule has 1 aromatic rings. The number of benzene rings is 1. The minimum absolute atomic E-state index is 0.134. The number of likely N-dealkylation sites (N-methyl/N-ethyl adjacent to an activating group) is 1. The topological polar surface area (TPSA) is 38.8 Å². The van der Waals surface area contributed by atoms with E-state index in [1.165, 1.54) is 0 Å². The lowest BCUT2D eigenvalue weighted by atomic mass is 9.95. The van der Waals surface area contributed by atoms with Gasteiger partial charge in [0, 0.05) is 45.2 Å². The van der Waals surface area contributed by atoms with Gasteiger partial charge in [-0.1, -0.05) is 35.3 Å². The Labute approximate surface area is 178 Å². The van der Waals surface area contributed by atoms with Gasteiger partial charge in [-0.15, -0.1) is 0 Å². The Bertz CT molecular complexity index is 641. The molecule has 2 aliphatic heterocycles. The first kappa shape index (κ1) is 21.8. The van der Waals surface area contributed by atoms with Crippen LogP contribution in [-0.2, 0) is 11.3 Å². The first-order valence-electron chi connectivity index (χ1n) is 10.4. The highest BCUT2D eigenvalue weighted by molar-refractivity contribution is 6.42. The molecule has 0 atom stereocenters. The molecule has 0 bridgehead atoms. The van der Waals surface area contributed by atoms with Gasteiger partial charge in [0.2, 0.25) is 5.91 Å². The van der Waals surface area contributed by atoms with E-state index in [2.05, 4.69) is 27.1 Å². The van der Waals surface area contributed by atoms with E-state index in [1.807, 2.05) is 18.2 Å². The average molecular weight is 427 g/mol. The largest absolute Gasteiger partial charge is 0.356 e. The summed E-state index contributed by atoms with van der Waals surface area (Å²) in [6.45, 7) is 9.05. The molecular formula is C21H32Cl2N4O. The summed E-state index contributed by atoms with van der Waals surface area (Å²) in [6, 6.07) is 5.77. The van der Waals surface area contributed by atoms with E-state index >= 15 is 0 Å². The van der Waals surface area contributed by atoms with Crippen LogP contribution in [0.15, 0.2) is 18.2 Å². The first-order chi connectivity index (χ1) is 13.5. The fourth-order valence-corrected chi connectivity index (χ4v) is 4.37. The smallest absolute Gasteiger partial charge is 0.223 e.